The fraction of sp³-hybridized carbons (Fsp3) is 0.300. The summed E-state index contributed by atoms with van der Waals surface area (Å²) in [5, 5.41) is 17.8. The predicted molar refractivity (Wildman–Crippen MR) is 62.4 cm³/mol. The highest BCUT2D eigenvalue weighted by Gasteiger charge is 2.13. The summed E-state index contributed by atoms with van der Waals surface area (Å²) in [6.07, 6.45) is -0.00208. The molecule has 0 saturated heterocycles. The van der Waals surface area contributed by atoms with Gasteiger partial charge in [-0.3, -0.25) is 5.10 Å². The first-order chi connectivity index (χ1) is 7.24. The molecule has 0 bridgehead atoms. The van der Waals surface area contributed by atoms with Crippen LogP contribution in [0.2, 0.25) is 0 Å². The molecule has 5 heteroatoms. The van der Waals surface area contributed by atoms with E-state index in [2.05, 4.69) is 26.1 Å². The Labute approximate surface area is 95.6 Å². The molecule has 0 saturated carbocycles. The summed E-state index contributed by atoms with van der Waals surface area (Å²) in [5.74, 6) is 0. The van der Waals surface area contributed by atoms with Gasteiger partial charge in [0.25, 0.3) is 0 Å². The Morgan fingerprint density at radius 1 is 1.53 bits per heavy atom. The summed E-state index contributed by atoms with van der Waals surface area (Å²) in [5.41, 5.74) is 7.03. The lowest BCUT2D eigenvalue weighted by Crippen LogP contribution is -2.07. The van der Waals surface area contributed by atoms with Crippen molar-refractivity contribution in [3.05, 3.63) is 28.4 Å². The molecule has 1 unspecified atom stereocenters. The first-order valence-corrected chi connectivity index (χ1v) is 5.54. The molecule has 2 rings (SSSR count). The van der Waals surface area contributed by atoms with E-state index in [0.29, 0.717) is 13.0 Å². The van der Waals surface area contributed by atoms with Crippen molar-refractivity contribution in [1.82, 2.24) is 10.2 Å². The molecule has 4 N–H and O–H groups in total. The number of nitrogens with one attached hydrogen (secondary N) is 1. The number of para-hydroxylation sites is 1. The summed E-state index contributed by atoms with van der Waals surface area (Å²) in [7, 11) is 0. The molecular weight excluding hydrogens is 258 g/mol. The third-order valence-corrected chi connectivity index (χ3v) is 2.97. The Kier molecular flexibility index (Phi) is 3.04. The maximum atomic E-state index is 9.88. The van der Waals surface area contributed by atoms with Crippen LogP contribution in [0.4, 0.5) is 0 Å². The minimum absolute atomic E-state index is 0.461. The number of fused-ring (bicyclic) bond motifs is 1. The molecule has 2 aromatic rings. The molecule has 0 aliphatic rings. The van der Waals surface area contributed by atoms with Gasteiger partial charge in [-0.2, -0.15) is 5.10 Å². The molecule has 1 aromatic carbocycles. The lowest BCUT2D eigenvalue weighted by atomic mass is 10.0. The SMILES string of the molecule is NCCC(O)c1cccc2c(Br)[nH]nc12. The summed E-state index contributed by atoms with van der Waals surface area (Å²) in [6, 6.07) is 5.72. The highest BCUT2D eigenvalue weighted by molar-refractivity contribution is 9.10. The Hall–Kier alpha value is -0.910. The number of nitrogens with two attached hydrogens (primary N) is 1. The average Bonchev–Trinajstić information content (AvgIpc) is 2.61. The van der Waals surface area contributed by atoms with Gasteiger partial charge in [0.15, 0.2) is 0 Å². The van der Waals surface area contributed by atoms with E-state index in [1.807, 2.05) is 18.2 Å². The van der Waals surface area contributed by atoms with Crippen LogP contribution in [0.15, 0.2) is 22.8 Å². The number of H-pyrrole nitrogens is 1. The average molecular weight is 270 g/mol. The predicted octanol–water partition coefficient (Wildman–Crippen LogP) is 1.71. The topological polar surface area (TPSA) is 74.9 Å². The van der Waals surface area contributed by atoms with E-state index in [-0.39, 0.29) is 0 Å². The van der Waals surface area contributed by atoms with Crippen molar-refractivity contribution in [2.75, 3.05) is 6.54 Å². The number of aromatic amines is 1. The third-order valence-electron chi connectivity index (χ3n) is 2.37. The Morgan fingerprint density at radius 3 is 3.07 bits per heavy atom. The monoisotopic (exact) mass is 269 g/mol. The molecule has 1 aromatic heterocycles. The van der Waals surface area contributed by atoms with Crippen LogP contribution in [0.3, 0.4) is 0 Å². The molecule has 1 heterocycles. The molecule has 0 fully saturated rings. The summed E-state index contributed by atoms with van der Waals surface area (Å²) < 4.78 is 0.833. The van der Waals surface area contributed by atoms with E-state index in [0.717, 1.165) is 21.1 Å². The first kappa shape index (κ1) is 10.6. The second-order valence-electron chi connectivity index (χ2n) is 3.37. The van der Waals surface area contributed by atoms with Gasteiger partial charge in [0, 0.05) is 10.9 Å². The van der Waals surface area contributed by atoms with Crippen LogP contribution in [-0.4, -0.2) is 21.8 Å². The van der Waals surface area contributed by atoms with Crippen molar-refractivity contribution in [1.29, 1.82) is 0 Å². The third kappa shape index (κ3) is 1.90. The normalized spacial score (nSPS) is 13.3. The summed E-state index contributed by atoms with van der Waals surface area (Å²) >= 11 is 3.36. The molecular formula is C10H12BrN3O. The van der Waals surface area contributed by atoms with Crippen molar-refractivity contribution in [3.63, 3.8) is 0 Å². The number of aromatic nitrogens is 2. The van der Waals surface area contributed by atoms with Gasteiger partial charge < -0.3 is 10.8 Å². The Bertz CT molecular complexity index is 469. The number of benzene rings is 1. The van der Waals surface area contributed by atoms with Crippen molar-refractivity contribution in [2.24, 2.45) is 5.73 Å². The maximum Gasteiger partial charge on any atom is 0.108 e. The fourth-order valence-corrected chi connectivity index (χ4v) is 2.02. The van der Waals surface area contributed by atoms with Gasteiger partial charge in [0.1, 0.15) is 4.60 Å². The van der Waals surface area contributed by atoms with Gasteiger partial charge in [-0.25, -0.2) is 0 Å². The van der Waals surface area contributed by atoms with Crippen molar-refractivity contribution >= 4 is 26.8 Å². The lowest BCUT2D eigenvalue weighted by Gasteiger charge is -2.09. The maximum absolute atomic E-state index is 9.88. The molecule has 0 amide bonds. The minimum atomic E-state index is -0.547. The second-order valence-corrected chi connectivity index (χ2v) is 4.17. The van der Waals surface area contributed by atoms with Crippen LogP contribution >= 0.6 is 15.9 Å². The van der Waals surface area contributed by atoms with Crippen LogP contribution < -0.4 is 5.73 Å². The van der Waals surface area contributed by atoms with E-state index in [9.17, 15) is 5.11 Å². The quantitative estimate of drug-likeness (QED) is 0.794. The number of nitrogens with zero attached hydrogens (tertiary/aromatic N) is 1. The van der Waals surface area contributed by atoms with E-state index < -0.39 is 6.10 Å². The van der Waals surface area contributed by atoms with Gasteiger partial charge in [-0.1, -0.05) is 18.2 Å². The number of hydrogen-bond acceptors (Lipinski definition) is 3. The van der Waals surface area contributed by atoms with Crippen LogP contribution in [-0.2, 0) is 0 Å². The largest absolute Gasteiger partial charge is 0.388 e. The summed E-state index contributed by atoms with van der Waals surface area (Å²) in [6.45, 7) is 0.461. The molecule has 0 radical (unpaired) electrons. The molecule has 4 nitrogen and oxygen atoms in total. The molecule has 80 valence electrons. The zero-order valence-electron chi connectivity index (χ0n) is 8.07. The highest BCUT2D eigenvalue weighted by Crippen LogP contribution is 2.28. The molecule has 1 atom stereocenters. The Morgan fingerprint density at radius 2 is 2.33 bits per heavy atom. The minimum Gasteiger partial charge on any atom is -0.388 e. The first-order valence-electron chi connectivity index (χ1n) is 4.74. The molecule has 0 aliphatic heterocycles. The van der Waals surface area contributed by atoms with Crippen molar-refractivity contribution in [3.8, 4) is 0 Å². The van der Waals surface area contributed by atoms with Crippen LogP contribution in [0.5, 0.6) is 0 Å². The summed E-state index contributed by atoms with van der Waals surface area (Å²) in [4.78, 5) is 0. The zero-order valence-corrected chi connectivity index (χ0v) is 9.66. The number of aliphatic hydroxyl groups is 1. The smallest absolute Gasteiger partial charge is 0.108 e. The van der Waals surface area contributed by atoms with Gasteiger partial charge in [-0.15, -0.1) is 0 Å². The van der Waals surface area contributed by atoms with Crippen LogP contribution in [0.25, 0.3) is 10.9 Å². The van der Waals surface area contributed by atoms with Gasteiger partial charge in [0.2, 0.25) is 0 Å². The van der Waals surface area contributed by atoms with Gasteiger partial charge in [-0.05, 0) is 28.9 Å². The Balaban J connectivity index is 2.51. The van der Waals surface area contributed by atoms with E-state index in [1.54, 1.807) is 0 Å². The van der Waals surface area contributed by atoms with Crippen LogP contribution in [0, 0.1) is 0 Å². The van der Waals surface area contributed by atoms with E-state index in [4.69, 9.17) is 5.73 Å². The standard InChI is InChI=1S/C10H12BrN3O/c11-10-7-3-1-2-6(8(15)4-5-12)9(7)13-14-10/h1-3,8,15H,4-5,12H2,(H,13,14). The van der Waals surface area contributed by atoms with Gasteiger partial charge in [0.05, 0.1) is 11.6 Å². The number of aliphatic hydroxyl groups excluding tert-OH is 1. The molecule has 0 aliphatic carbocycles. The van der Waals surface area contributed by atoms with E-state index in [1.165, 1.54) is 0 Å². The highest BCUT2D eigenvalue weighted by atomic mass is 79.9. The number of rotatable bonds is 3. The fourth-order valence-electron chi connectivity index (χ4n) is 1.61. The second kappa shape index (κ2) is 4.30. The number of halogens is 1. The van der Waals surface area contributed by atoms with Crippen LogP contribution in [0.1, 0.15) is 18.1 Å². The van der Waals surface area contributed by atoms with Gasteiger partial charge >= 0.3 is 0 Å². The lowest BCUT2D eigenvalue weighted by molar-refractivity contribution is 0.171. The van der Waals surface area contributed by atoms with E-state index >= 15 is 0 Å². The molecule has 0 spiro atoms. The number of hydrogen-bond donors (Lipinski definition) is 3. The zero-order chi connectivity index (χ0) is 10.8. The van der Waals surface area contributed by atoms with Crippen molar-refractivity contribution in [2.45, 2.75) is 12.5 Å². The molecule has 15 heavy (non-hydrogen) atoms. The van der Waals surface area contributed by atoms with Crippen molar-refractivity contribution < 1.29 is 5.11 Å².